The van der Waals surface area contributed by atoms with Crippen LogP contribution >= 0.6 is 15.9 Å². The van der Waals surface area contributed by atoms with Gasteiger partial charge >= 0.3 is 0 Å². The fraction of sp³-hybridized carbons (Fsp3) is 0.333. The molecule has 0 bridgehead atoms. The Kier molecular flexibility index (Phi) is 3.81. The minimum absolute atomic E-state index is 0.290. The largest absolute Gasteiger partial charge is 0.324 e. The molecule has 0 saturated carbocycles. The lowest BCUT2D eigenvalue weighted by atomic mass is 10.1. The van der Waals surface area contributed by atoms with Gasteiger partial charge in [-0.25, -0.2) is 8.78 Å². The molecular formula is C9H10BrF2N. The Morgan fingerprint density at radius 3 is 2.23 bits per heavy atom. The fourth-order valence-corrected chi connectivity index (χ4v) is 1.30. The van der Waals surface area contributed by atoms with Gasteiger partial charge < -0.3 is 5.73 Å². The molecule has 0 aromatic heterocycles. The van der Waals surface area contributed by atoms with Crippen molar-refractivity contribution in [1.82, 2.24) is 0 Å². The van der Waals surface area contributed by atoms with Crippen LogP contribution in [0.15, 0.2) is 28.7 Å². The maximum absolute atomic E-state index is 12.0. The fourth-order valence-electron chi connectivity index (χ4n) is 1.04. The second kappa shape index (κ2) is 4.67. The molecular weight excluding hydrogens is 240 g/mol. The normalized spacial score (nSPS) is 13.3. The van der Waals surface area contributed by atoms with E-state index in [1.165, 1.54) is 0 Å². The highest BCUT2D eigenvalue weighted by Crippen LogP contribution is 2.19. The molecule has 1 rings (SSSR count). The number of halogens is 3. The van der Waals surface area contributed by atoms with E-state index in [-0.39, 0.29) is 6.42 Å². The second-order valence-corrected chi connectivity index (χ2v) is 3.70. The Balaban J connectivity index is 2.66. The van der Waals surface area contributed by atoms with Crippen LogP contribution in [0.3, 0.4) is 0 Å². The van der Waals surface area contributed by atoms with Crippen molar-refractivity contribution in [2.75, 3.05) is 0 Å². The number of hydrogen-bond donors (Lipinski definition) is 1. The van der Waals surface area contributed by atoms with Gasteiger partial charge in [0.2, 0.25) is 6.43 Å². The van der Waals surface area contributed by atoms with Crippen molar-refractivity contribution in [3.63, 3.8) is 0 Å². The summed E-state index contributed by atoms with van der Waals surface area (Å²) < 4.78 is 24.8. The zero-order valence-electron chi connectivity index (χ0n) is 6.88. The summed E-state index contributed by atoms with van der Waals surface area (Å²) in [6.45, 7) is 0. The topological polar surface area (TPSA) is 26.0 Å². The molecule has 0 fully saturated rings. The average molecular weight is 250 g/mol. The molecule has 2 N–H and O–H groups in total. The molecule has 0 aliphatic carbocycles. The van der Waals surface area contributed by atoms with Gasteiger partial charge in [-0.15, -0.1) is 0 Å². The van der Waals surface area contributed by atoms with Gasteiger partial charge in [0.25, 0.3) is 0 Å². The maximum Gasteiger partial charge on any atom is 0.240 e. The van der Waals surface area contributed by atoms with Crippen molar-refractivity contribution >= 4 is 15.9 Å². The van der Waals surface area contributed by atoms with Gasteiger partial charge in [-0.1, -0.05) is 28.1 Å². The van der Waals surface area contributed by atoms with E-state index < -0.39 is 12.5 Å². The number of nitrogens with two attached hydrogens (primary N) is 1. The SMILES string of the molecule is N[C@H](CC(F)F)c1ccc(Br)cc1. The standard InChI is InChI=1S/C9H10BrF2N/c10-7-3-1-6(2-4-7)8(13)5-9(11)12/h1-4,8-9H,5,13H2/t8-/m1/s1. The van der Waals surface area contributed by atoms with Crippen LogP contribution in [0.2, 0.25) is 0 Å². The molecule has 0 radical (unpaired) electrons. The molecule has 0 unspecified atom stereocenters. The third-order valence-corrected chi connectivity index (χ3v) is 2.26. The lowest BCUT2D eigenvalue weighted by Gasteiger charge is -2.10. The molecule has 13 heavy (non-hydrogen) atoms. The third-order valence-electron chi connectivity index (χ3n) is 1.73. The lowest BCUT2D eigenvalue weighted by molar-refractivity contribution is 0.128. The summed E-state index contributed by atoms with van der Waals surface area (Å²) in [4.78, 5) is 0. The molecule has 0 saturated heterocycles. The van der Waals surface area contributed by atoms with E-state index in [2.05, 4.69) is 15.9 Å². The van der Waals surface area contributed by atoms with Crippen LogP contribution in [-0.2, 0) is 0 Å². The highest BCUT2D eigenvalue weighted by atomic mass is 79.9. The monoisotopic (exact) mass is 249 g/mol. The van der Waals surface area contributed by atoms with E-state index in [1.807, 2.05) is 0 Å². The lowest BCUT2D eigenvalue weighted by Crippen LogP contribution is -2.13. The molecule has 1 aromatic rings. The number of hydrogen-bond acceptors (Lipinski definition) is 1. The first-order valence-corrected chi connectivity index (χ1v) is 4.68. The molecule has 0 spiro atoms. The summed E-state index contributed by atoms with van der Waals surface area (Å²) in [7, 11) is 0. The Bertz CT molecular complexity index is 261. The highest BCUT2D eigenvalue weighted by Gasteiger charge is 2.12. The van der Waals surface area contributed by atoms with Crippen LogP contribution in [0.4, 0.5) is 8.78 Å². The zero-order valence-corrected chi connectivity index (χ0v) is 8.47. The van der Waals surface area contributed by atoms with Crippen molar-refractivity contribution in [3.8, 4) is 0 Å². The van der Waals surface area contributed by atoms with Crippen LogP contribution in [0.1, 0.15) is 18.0 Å². The molecule has 1 nitrogen and oxygen atoms in total. The van der Waals surface area contributed by atoms with Crippen molar-refractivity contribution < 1.29 is 8.78 Å². The molecule has 72 valence electrons. The minimum Gasteiger partial charge on any atom is -0.324 e. The molecule has 0 heterocycles. The van der Waals surface area contributed by atoms with E-state index >= 15 is 0 Å². The average Bonchev–Trinajstić information content (AvgIpc) is 2.04. The van der Waals surface area contributed by atoms with Crippen LogP contribution in [0, 0.1) is 0 Å². The van der Waals surface area contributed by atoms with Crippen LogP contribution in [-0.4, -0.2) is 6.43 Å². The van der Waals surface area contributed by atoms with Gasteiger partial charge in [0.15, 0.2) is 0 Å². The van der Waals surface area contributed by atoms with Crippen molar-refractivity contribution in [3.05, 3.63) is 34.3 Å². The van der Waals surface area contributed by atoms with Gasteiger partial charge in [0, 0.05) is 16.9 Å². The second-order valence-electron chi connectivity index (χ2n) is 2.78. The Labute approximate surface area is 84.1 Å². The van der Waals surface area contributed by atoms with Gasteiger partial charge in [-0.05, 0) is 17.7 Å². The van der Waals surface area contributed by atoms with Crippen LogP contribution in [0.5, 0.6) is 0 Å². The maximum atomic E-state index is 12.0. The minimum atomic E-state index is -2.35. The van der Waals surface area contributed by atoms with E-state index in [9.17, 15) is 8.78 Å². The van der Waals surface area contributed by atoms with Gasteiger partial charge in [-0.2, -0.15) is 0 Å². The molecule has 0 amide bonds. The number of alkyl halides is 2. The van der Waals surface area contributed by atoms with Gasteiger partial charge in [0.05, 0.1) is 0 Å². The summed E-state index contributed by atoms with van der Waals surface area (Å²) in [6, 6.07) is 6.50. The zero-order chi connectivity index (χ0) is 9.84. The van der Waals surface area contributed by atoms with E-state index in [4.69, 9.17) is 5.73 Å². The Morgan fingerprint density at radius 1 is 1.23 bits per heavy atom. The van der Waals surface area contributed by atoms with Gasteiger partial charge in [-0.3, -0.25) is 0 Å². The van der Waals surface area contributed by atoms with Crippen LogP contribution < -0.4 is 5.73 Å². The quantitative estimate of drug-likeness (QED) is 0.876. The predicted molar refractivity (Wildman–Crippen MR) is 51.7 cm³/mol. The highest BCUT2D eigenvalue weighted by molar-refractivity contribution is 9.10. The van der Waals surface area contributed by atoms with Crippen molar-refractivity contribution in [1.29, 1.82) is 0 Å². The summed E-state index contributed by atoms with van der Waals surface area (Å²) in [5.41, 5.74) is 6.29. The summed E-state index contributed by atoms with van der Waals surface area (Å²) >= 11 is 3.26. The molecule has 1 atom stereocenters. The van der Waals surface area contributed by atoms with Crippen molar-refractivity contribution in [2.45, 2.75) is 18.9 Å². The van der Waals surface area contributed by atoms with E-state index in [0.717, 1.165) is 10.0 Å². The Morgan fingerprint density at radius 2 is 1.77 bits per heavy atom. The van der Waals surface area contributed by atoms with E-state index in [0.29, 0.717) is 0 Å². The molecule has 1 aromatic carbocycles. The summed E-state index contributed by atoms with van der Waals surface area (Å²) in [6.07, 6.45) is -2.64. The first-order chi connectivity index (χ1) is 6.09. The van der Waals surface area contributed by atoms with Gasteiger partial charge in [0.1, 0.15) is 0 Å². The molecule has 0 aliphatic rings. The number of benzene rings is 1. The van der Waals surface area contributed by atoms with Crippen molar-refractivity contribution in [2.24, 2.45) is 5.73 Å². The molecule has 0 aliphatic heterocycles. The Hall–Kier alpha value is -0.480. The smallest absolute Gasteiger partial charge is 0.240 e. The first-order valence-electron chi connectivity index (χ1n) is 3.89. The third kappa shape index (κ3) is 3.40. The molecule has 4 heteroatoms. The number of rotatable bonds is 3. The summed E-state index contributed by atoms with van der Waals surface area (Å²) in [5, 5.41) is 0. The predicted octanol–water partition coefficient (Wildman–Crippen LogP) is 3.10. The first kappa shape index (κ1) is 10.6. The van der Waals surface area contributed by atoms with E-state index in [1.54, 1.807) is 24.3 Å². The summed E-state index contributed by atoms with van der Waals surface area (Å²) in [5.74, 6) is 0. The van der Waals surface area contributed by atoms with Crippen LogP contribution in [0.25, 0.3) is 0 Å².